The van der Waals surface area contributed by atoms with E-state index in [4.69, 9.17) is 20.8 Å². The standard InChI is InChI=1S/C15H15ClO3/c1-15(2)8-10-7-9(3-4-11(10)19-15)14(17)12-5-6-13(16)18-12/h3-7,14,17H,8H2,1-2H3. The van der Waals surface area contributed by atoms with Crippen LogP contribution in [0.15, 0.2) is 34.7 Å². The number of hydrogen-bond donors (Lipinski definition) is 1. The van der Waals surface area contributed by atoms with Gasteiger partial charge in [-0.3, -0.25) is 0 Å². The van der Waals surface area contributed by atoms with Crippen LogP contribution in [0.1, 0.15) is 36.8 Å². The highest BCUT2D eigenvalue weighted by Crippen LogP contribution is 2.37. The van der Waals surface area contributed by atoms with E-state index in [1.54, 1.807) is 12.1 Å². The second-order valence-corrected chi connectivity index (χ2v) is 5.82. The zero-order valence-corrected chi connectivity index (χ0v) is 11.6. The van der Waals surface area contributed by atoms with Crippen LogP contribution >= 0.6 is 11.6 Å². The van der Waals surface area contributed by atoms with Crippen molar-refractivity contribution >= 4 is 11.6 Å². The molecule has 2 aromatic rings. The van der Waals surface area contributed by atoms with Crippen molar-refractivity contribution in [1.82, 2.24) is 0 Å². The van der Waals surface area contributed by atoms with Crippen LogP contribution < -0.4 is 4.74 Å². The van der Waals surface area contributed by atoms with E-state index >= 15 is 0 Å². The maximum atomic E-state index is 10.3. The maximum absolute atomic E-state index is 10.3. The Morgan fingerprint density at radius 2 is 2.05 bits per heavy atom. The Hall–Kier alpha value is -1.45. The molecule has 1 aliphatic rings. The molecule has 0 aliphatic carbocycles. The average molecular weight is 279 g/mol. The lowest BCUT2D eigenvalue weighted by atomic mass is 9.98. The fraction of sp³-hybridized carbons (Fsp3) is 0.333. The number of rotatable bonds is 2. The van der Waals surface area contributed by atoms with Gasteiger partial charge >= 0.3 is 0 Å². The van der Waals surface area contributed by atoms with Gasteiger partial charge in [0.2, 0.25) is 0 Å². The summed E-state index contributed by atoms with van der Waals surface area (Å²) in [4.78, 5) is 0. The van der Waals surface area contributed by atoms with Gasteiger partial charge in [-0.1, -0.05) is 6.07 Å². The van der Waals surface area contributed by atoms with Gasteiger partial charge in [0.25, 0.3) is 0 Å². The fourth-order valence-electron chi connectivity index (χ4n) is 2.44. The summed E-state index contributed by atoms with van der Waals surface area (Å²) >= 11 is 5.73. The van der Waals surface area contributed by atoms with Gasteiger partial charge in [0.1, 0.15) is 23.2 Å². The van der Waals surface area contributed by atoms with Crippen LogP contribution in [-0.4, -0.2) is 10.7 Å². The number of aliphatic hydroxyl groups is 1. The summed E-state index contributed by atoms with van der Waals surface area (Å²) in [6.07, 6.45) is 0.0310. The Morgan fingerprint density at radius 3 is 2.74 bits per heavy atom. The SMILES string of the molecule is CC1(C)Cc2cc(C(O)c3ccc(Cl)o3)ccc2O1. The van der Waals surface area contributed by atoms with E-state index in [1.165, 1.54) is 0 Å². The number of halogens is 1. The van der Waals surface area contributed by atoms with Crippen LogP contribution in [0.3, 0.4) is 0 Å². The number of benzene rings is 1. The molecule has 1 aromatic heterocycles. The monoisotopic (exact) mass is 278 g/mol. The van der Waals surface area contributed by atoms with Gasteiger partial charge in [0, 0.05) is 6.42 Å². The Bertz CT molecular complexity index is 616. The van der Waals surface area contributed by atoms with E-state index in [-0.39, 0.29) is 10.8 Å². The molecule has 0 radical (unpaired) electrons. The summed E-state index contributed by atoms with van der Waals surface area (Å²) in [5.41, 5.74) is 1.71. The van der Waals surface area contributed by atoms with Gasteiger partial charge in [0.15, 0.2) is 5.22 Å². The van der Waals surface area contributed by atoms with E-state index < -0.39 is 6.10 Å². The van der Waals surface area contributed by atoms with Crippen molar-refractivity contribution in [1.29, 1.82) is 0 Å². The van der Waals surface area contributed by atoms with Crippen LogP contribution in [0.4, 0.5) is 0 Å². The van der Waals surface area contributed by atoms with Gasteiger partial charge in [-0.15, -0.1) is 0 Å². The molecule has 0 saturated heterocycles. The van der Waals surface area contributed by atoms with Crippen molar-refractivity contribution < 1.29 is 14.3 Å². The molecule has 0 spiro atoms. The Kier molecular flexibility index (Phi) is 2.84. The zero-order chi connectivity index (χ0) is 13.6. The molecule has 1 aromatic carbocycles. The summed E-state index contributed by atoms with van der Waals surface area (Å²) in [6.45, 7) is 4.10. The molecule has 3 nitrogen and oxygen atoms in total. The minimum Gasteiger partial charge on any atom is -0.487 e. The van der Waals surface area contributed by atoms with Crippen molar-refractivity contribution in [2.75, 3.05) is 0 Å². The predicted molar refractivity (Wildman–Crippen MR) is 72.6 cm³/mol. The van der Waals surface area contributed by atoms with Crippen LogP contribution in [0, 0.1) is 0 Å². The second-order valence-electron chi connectivity index (χ2n) is 5.45. The van der Waals surface area contributed by atoms with Crippen LogP contribution in [0.5, 0.6) is 5.75 Å². The zero-order valence-electron chi connectivity index (χ0n) is 10.8. The van der Waals surface area contributed by atoms with Gasteiger partial charge in [-0.05, 0) is 60.8 Å². The summed E-state index contributed by atoms with van der Waals surface area (Å²) in [7, 11) is 0. The third-order valence-electron chi connectivity index (χ3n) is 3.27. The molecule has 4 heteroatoms. The molecular weight excluding hydrogens is 264 g/mol. The number of ether oxygens (including phenoxy) is 1. The first-order valence-corrected chi connectivity index (χ1v) is 6.57. The molecule has 1 atom stereocenters. The van der Waals surface area contributed by atoms with Crippen LogP contribution in [0.25, 0.3) is 0 Å². The summed E-state index contributed by atoms with van der Waals surface area (Å²) in [5, 5.41) is 10.6. The molecule has 0 fully saturated rings. The van der Waals surface area contributed by atoms with Crippen molar-refractivity contribution in [2.45, 2.75) is 32.0 Å². The molecule has 1 unspecified atom stereocenters. The molecule has 2 heterocycles. The molecule has 1 N–H and O–H groups in total. The first-order chi connectivity index (χ1) is 8.94. The molecule has 0 bridgehead atoms. The molecule has 1 aliphatic heterocycles. The molecular formula is C15H15ClO3. The topological polar surface area (TPSA) is 42.6 Å². The van der Waals surface area contributed by atoms with Crippen LogP contribution in [0.2, 0.25) is 5.22 Å². The minimum atomic E-state index is -0.804. The highest BCUT2D eigenvalue weighted by molar-refractivity contribution is 6.28. The Labute approximate surface area is 116 Å². The lowest BCUT2D eigenvalue weighted by molar-refractivity contribution is 0.138. The van der Waals surface area contributed by atoms with Crippen molar-refractivity contribution in [3.05, 3.63) is 52.4 Å². The number of fused-ring (bicyclic) bond motifs is 1. The minimum absolute atomic E-state index is 0.181. The molecule has 3 rings (SSSR count). The van der Waals surface area contributed by atoms with Crippen LogP contribution in [-0.2, 0) is 6.42 Å². The first-order valence-electron chi connectivity index (χ1n) is 6.20. The van der Waals surface area contributed by atoms with Gasteiger partial charge in [0.05, 0.1) is 0 Å². The van der Waals surface area contributed by atoms with E-state index in [1.807, 2.05) is 18.2 Å². The van der Waals surface area contributed by atoms with E-state index in [2.05, 4.69) is 13.8 Å². The highest BCUT2D eigenvalue weighted by atomic mass is 35.5. The van der Waals surface area contributed by atoms with Gasteiger partial charge in [-0.2, -0.15) is 0 Å². The average Bonchev–Trinajstić information content (AvgIpc) is 2.88. The van der Waals surface area contributed by atoms with E-state index in [0.29, 0.717) is 5.76 Å². The highest BCUT2D eigenvalue weighted by Gasteiger charge is 2.30. The lowest BCUT2D eigenvalue weighted by Crippen LogP contribution is -2.24. The number of aliphatic hydroxyl groups excluding tert-OH is 1. The molecule has 100 valence electrons. The Morgan fingerprint density at radius 1 is 1.26 bits per heavy atom. The smallest absolute Gasteiger partial charge is 0.193 e. The van der Waals surface area contributed by atoms with Crippen molar-refractivity contribution in [3.8, 4) is 5.75 Å². The predicted octanol–water partition coefficient (Wildman–Crippen LogP) is 3.73. The summed E-state index contributed by atoms with van der Waals surface area (Å²) in [6, 6.07) is 9.01. The largest absolute Gasteiger partial charge is 0.487 e. The second kappa shape index (κ2) is 4.29. The normalized spacial score (nSPS) is 17.9. The van der Waals surface area contributed by atoms with E-state index in [0.717, 1.165) is 23.3 Å². The third kappa shape index (κ3) is 2.36. The number of hydrogen-bond acceptors (Lipinski definition) is 3. The van der Waals surface area contributed by atoms with Gasteiger partial charge < -0.3 is 14.3 Å². The fourth-order valence-corrected chi connectivity index (χ4v) is 2.59. The Balaban J connectivity index is 1.92. The van der Waals surface area contributed by atoms with Crippen molar-refractivity contribution in [3.63, 3.8) is 0 Å². The van der Waals surface area contributed by atoms with Crippen molar-refractivity contribution in [2.24, 2.45) is 0 Å². The number of furan rings is 1. The summed E-state index contributed by atoms with van der Waals surface area (Å²) in [5.74, 6) is 1.33. The molecule has 19 heavy (non-hydrogen) atoms. The summed E-state index contributed by atoms with van der Waals surface area (Å²) < 4.78 is 11.1. The van der Waals surface area contributed by atoms with Gasteiger partial charge in [-0.25, -0.2) is 0 Å². The first kappa shape index (κ1) is 12.6. The van der Waals surface area contributed by atoms with E-state index in [9.17, 15) is 5.11 Å². The molecule has 0 amide bonds. The molecule has 0 saturated carbocycles. The quantitative estimate of drug-likeness (QED) is 0.910. The third-order valence-corrected chi connectivity index (χ3v) is 3.47. The lowest BCUT2D eigenvalue weighted by Gasteiger charge is -2.16. The maximum Gasteiger partial charge on any atom is 0.193 e.